The second kappa shape index (κ2) is 6.79. The van der Waals surface area contributed by atoms with Crippen molar-refractivity contribution in [2.24, 2.45) is 13.0 Å². The minimum absolute atomic E-state index is 0.0259. The van der Waals surface area contributed by atoms with Gasteiger partial charge in [0.05, 0.1) is 12.2 Å². The first kappa shape index (κ1) is 17.0. The number of anilines is 1. The molecule has 2 N–H and O–H groups in total. The number of aromatic nitrogens is 2. The minimum Gasteiger partial charge on any atom is -0.396 e. The zero-order valence-corrected chi connectivity index (χ0v) is 14.1. The Morgan fingerprint density at radius 3 is 2.82 bits per heavy atom. The summed E-state index contributed by atoms with van der Waals surface area (Å²) in [7, 11) is 1.84. The molecule has 0 saturated carbocycles. The standard InChI is InChI=1S/C16H28N4O2/c1-16(2,3)13-8-14(19(4)18-13)17-15(22)10-20-7-5-6-12(9-20)11-21/h8,12,21H,5-7,9-11H2,1-4H3,(H,17,22). The predicted molar refractivity (Wildman–Crippen MR) is 86.8 cm³/mol. The highest BCUT2D eigenvalue weighted by atomic mass is 16.3. The van der Waals surface area contributed by atoms with E-state index in [0.717, 1.165) is 37.4 Å². The van der Waals surface area contributed by atoms with Crippen LogP contribution in [0.2, 0.25) is 0 Å². The lowest BCUT2D eigenvalue weighted by atomic mass is 9.92. The van der Waals surface area contributed by atoms with Gasteiger partial charge < -0.3 is 10.4 Å². The van der Waals surface area contributed by atoms with Crippen LogP contribution in [0.4, 0.5) is 5.82 Å². The molecule has 0 radical (unpaired) electrons. The molecule has 1 aromatic rings. The number of nitrogens with one attached hydrogen (secondary N) is 1. The van der Waals surface area contributed by atoms with E-state index in [4.69, 9.17) is 0 Å². The van der Waals surface area contributed by atoms with E-state index < -0.39 is 0 Å². The highest BCUT2D eigenvalue weighted by Gasteiger charge is 2.22. The first-order valence-electron chi connectivity index (χ1n) is 7.97. The van der Waals surface area contributed by atoms with E-state index >= 15 is 0 Å². The topological polar surface area (TPSA) is 70.4 Å². The molecule has 0 aromatic carbocycles. The van der Waals surface area contributed by atoms with E-state index in [1.807, 2.05) is 13.1 Å². The van der Waals surface area contributed by atoms with Crippen molar-refractivity contribution >= 4 is 11.7 Å². The van der Waals surface area contributed by atoms with Gasteiger partial charge in [0.25, 0.3) is 0 Å². The molecule has 1 aliphatic rings. The van der Waals surface area contributed by atoms with Crippen LogP contribution in [-0.4, -0.2) is 51.9 Å². The Morgan fingerprint density at radius 2 is 2.23 bits per heavy atom. The molecule has 0 spiro atoms. The number of aliphatic hydroxyl groups excluding tert-OH is 1. The van der Waals surface area contributed by atoms with Gasteiger partial charge in [-0.1, -0.05) is 20.8 Å². The summed E-state index contributed by atoms with van der Waals surface area (Å²) in [4.78, 5) is 14.3. The lowest BCUT2D eigenvalue weighted by molar-refractivity contribution is -0.117. The number of hydrogen-bond donors (Lipinski definition) is 2. The third-order valence-electron chi connectivity index (χ3n) is 4.14. The molecule has 1 amide bonds. The molecule has 1 unspecified atom stereocenters. The molecule has 6 heteroatoms. The van der Waals surface area contributed by atoms with Gasteiger partial charge in [0.15, 0.2) is 0 Å². The van der Waals surface area contributed by atoms with Gasteiger partial charge in [-0.15, -0.1) is 0 Å². The zero-order valence-electron chi connectivity index (χ0n) is 14.1. The molecule has 22 heavy (non-hydrogen) atoms. The van der Waals surface area contributed by atoms with Crippen molar-refractivity contribution in [3.63, 3.8) is 0 Å². The summed E-state index contributed by atoms with van der Waals surface area (Å²) < 4.78 is 1.71. The fourth-order valence-electron chi connectivity index (χ4n) is 2.78. The van der Waals surface area contributed by atoms with E-state index in [0.29, 0.717) is 12.5 Å². The van der Waals surface area contributed by atoms with E-state index in [9.17, 15) is 9.90 Å². The lowest BCUT2D eigenvalue weighted by Crippen LogP contribution is -2.41. The summed E-state index contributed by atoms with van der Waals surface area (Å²) in [5.74, 6) is 0.999. The molecule has 0 bridgehead atoms. The van der Waals surface area contributed by atoms with Crippen molar-refractivity contribution in [2.45, 2.75) is 39.0 Å². The first-order valence-corrected chi connectivity index (χ1v) is 7.97. The Bertz CT molecular complexity index is 519. The number of piperidine rings is 1. The largest absolute Gasteiger partial charge is 0.396 e. The summed E-state index contributed by atoms with van der Waals surface area (Å²) in [6.07, 6.45) is 2.09. The zero-order chi connectivity index (χ0) is 16.3. The fourth-order valence-corrected chi connectivity index (χ4v) is 2.78. The maximum Gasteiger partial charge on any atom is 0.239 e. The second-order valence-electron chi connectivity index (χ2n) is 7.26. The SMILES string of the molecule is Cn1nc(C(C)(C)C)cc1NC(=O)CN1CCCC(CO)C1. The summed E-state index contributed by atoms with van der Waals surface area (Å²) in [6, 6.07) is 1.94. The van der Waals surface area contributed by atoms with Crippen LogP contribution in [0, 0.1) is 5.92 Å². The number of nitrogens with zero attached hydrogens (tertiary/aromatic N) is 3. The van der Waals surface area contributed by atoms with Crippen LogP contribution in [0.15, 0.2) is 6.07 Å². The summed E-state index contributed by atoms with van der Waals surface area (Å²) in [5.41, 5.74) is 0.922. The van der Waals surface area contributed by atoms with E-state index in [2.05, 4.69) is 36.1 Å². The number of carbonyl (C=O) groups excluding carboxylic acids is 1. The van der Waals surface area contributed by atoms with Crippen LogP contribution in [0.3, 0.4) is 0 Å². The molecule has 1 aliphatic heterocycles. The van der Waals surface area contributed by atoms with Crippen molar-refractivity contribution in [1.82, 2.24) is 14.7 Å². The van der Waals surface area contributed by atoms with Crippen molar-refractivity contribution in [3.05, 3.63) is 11.8 Å². The molecule has 1 saturated heterocycles. The minimum atomic E-state index is -0.0397. The maximum atomic E-state index is 12.2. The number of carbonyl (C=O) groups is 1. The average Bonchev–Trinajstić information content (AvgIpc) is 2.80. The van der Waals surface area contributed by atoms with Crippen molar-refractivity contribution < 1.29 is 9.90 Å². The highest BCUT2D eigenvalue weighted by Crippen LogP contribution is 2.23. The number of hydrogen-bond acceptors (Lipinski definition) is 4. The number of rotatable bonds is 4. The number of aliphatic hydroxyl groups is 1. The predicted octanol–water partition coefficient (Wildman–Crippen LogP) is 1.36. The lowest BCUT2D eigenvalue weighted by Gasteiger charge is -2.31. The first-order chi connectivity index (χ1) is 10.3. The Balaban J connectivity index is 1.93. The van der Waals surface area contributed by atoms with Crippen LogP contribution in [0.1, 0.15) is 39.3 Å². The van der Waals surface area contributed by atoms with Gasteiger partial charge in [-0.05, 0) is 25.3 Å². The van der Waals surface area contributed by atoms with Gasteiger partial charge in [-0.25, -0.2) is 0 Å². The Morgan fingerprint density at radius 1 is 1.50 bits per heavy atom. The van der Waals surface area contributed by atoms with Gasteiger partial charge in [-0.2, -0.15) is 5.10 Å². The summed E-state index contributed by atoms with van der Waals surface area (Å²) in [6.45, 7) is 8.59. The third kappa shape index (κ3) is 4.30. The Hall–Kier alpha value is -1.40. The van der Waals surface area contributed by atoms with Crippen LogP contribution in [0.5, 0.6) is 0 Å². The number of likely N-dealkylation sites (tertiary alicyclic amines) is 1. The second-order valence-corrected chi connectivity index (χ2v) is 7.26. The average molecular weight is 308 g/mol. The Labute approximate surface area is 132 Å². The van der Waals surface area contributed by atoms with E-state index in [1.54, 1.807) is 4.68 Å². The van der Waals surface area contributed by atoms with Crippen LogP contribution in [0.25, 0.3) is 0 Å². The molecule has 2 rings (SSSR count). The third-order valence-corrected chi connectivity index (χ3v) is 4.14. The molecule has 0 aliphatic carbocycles. The molecular formula is C16H28N4O2. The van der Waals surface area contributed by atoms with Crippen LogP contribution < -0.4 is 5.32 Å². The van der Waals surface area contributed by atoms with Crippen LogP contribution in [-0.2, 0) is 17.3 Å². The fraction of sp³-hybridized carbons (Fsp3) is 0.750. The van der Waals surface area contributed by atoms with Crippen molar-refractivity contribution in [2.75, 3.05) is 31.6 Å². The molecule has 1 fully saturated rings. The van der Waals surface area contributed by atoms with Gasteiger partial charge in [0.2, 0.25) is 5.91 Å². The monoisotopic (exact) mass is 308 g/mol. The van der Waals surface area contributed by atoms with Gasteiger partial charge >= 0.3 is 0 Å². The molecule has 1 aromatic heterocycles. The van der Waals surface area contributed by atoms with Gasteiger partial charge in [-0.3, -0.25) is 14.4 Å². The number of amides is 1. The molecule has 1 atom stereocenters. The molecule has 2 heterocycles. The highest BCUT2D eigenvalue weighted by molar-refractivity contribution is 5.91. The Kier molecular flexibility index (Phi) is 5.24. The van der Waals surface area contributed by atoms with Crippen molar-refractivity contribution in [1.29, 1.82) is 0 Å². The van der Waals surface area contributed by atoms with E-state index in [-0.39, 0.29) is 17.9 Å². The number of aryl methyl sites for hydroxylation is 1. The molecule has 124 valence electrons. The van der Waals surface area contributed by atoms with Gasteiger partial charge in [0, 0.05) is 31.7 Å². The smallest absolute Gasteiger partial charge is 0.239 e. The van der Waals surface area contributed by atoms with Gasteiger partial charge in [0.1, 0.15) is 5.82 Å². The quantitative estimate of drug-likeness (QED) is 0.881. The van der Waals surface area contributed by atoms with Crippen LogP contribution >= 0.6 is 0 Å². The van der Waals surface area contributed by atoms with E-state index in [1.165, 1.54) is 0 Å². The summed E-state index contributed by atoms with van der Waals surface area (Å²) in [5, 5.41) is 16.7. The molecule has 6 nitrogen and oxygen atoms in total. The normalized spacial score (nSPS) is 20.1. The maximum absolute atomic E-state index is 12.2. The summed E-state index contributed by atoms with van der Waals surface area (Å²) >= 11 is 0. The van der Waals surface area contributed by atoms with Crippen molar-refractivity contribution in [3.8, 4) is 0 Å². The molecular weight excluding hydrogens is 280 g/mol.